The number of fused-ring (bicyclic) bond motifs is 2. The number of hydrogen-bond acceptors (Lipinski definition) is 4. The molecule has 0 saturated carbocycles. The van der Waals surface area contributed by atoms with Gasteiger partial charge in [-0.3, -0.25) is 9.78 Å². The number of ether oxygens (including phenoxy) is 1. The molecule has 2 aromatic heterocycles. The number of thiophene rings is 1. The Labute approximate surface area is 194 Å². The van der Waals surface area contributed by atoms with Crippen molar-refractivity contribution in [3.05, 3.63) is 82.4 Å². The highest BCUT2D eigenvalue weighted by molar-refractivity contribution is 7.21. The highest BCUT2D eigenvalue weighted by atomic mass is 32.1. The molecule has 7 heteroatoms. The van der Waals surface area contributed by atoms with Gasteiger partial charge in [0.05, 0.1) is 33.3 Å². The van der Waals surface area contributed by atoms with Gasteiger partial charge in [0, 0.05) is 29.3 Å². The van der Waals surface area contributed by atoms with Crippen LogP contribution in [0.4, 0.5) is 8.78 Å². The summed E-state index contributed by atoms with van der Waals surface area (Å²) in [7, 11) is 0. The number of amides is 1. The third kappa shape index (κ3) is 3.76. The van der Waals surface area contributed by atoms with E-state index in [1.54, 1.807) is 12.3 Å². The van der Waals surface area contributed by atoms with Crippen molar-refractivity contribution in [1.82, 2.24) is 10.3 Å². The summed E-state index contributed by atoms with van der Waals surface area (Å²) < 4.78 is 35.5. The Bertz CT molecular complexity index is 1350. The highest BCUT2D eigenvalue weighted by Gasteiger charge is 2.28. The number of nitrogens with one attached hydrogen (secondary N) is 1. The predicted octanol–water partition coefficient (Wildman–Crippen LogP) is 6.62. The number of carbonyl (C=O) groups is 1. The van der Waals surface area contributed by atoms with Crippen molar-refractivity contribution in [2.24, 2.45) is 0 Å². The predicted molar refractivity (Wildman–Crippen MR) is 126 cm³/mol. The molecule has 0 fully saturated rings. The molecule has 0 spiro atoms. The molecule has 33 heavy (non-hydrogen) atoms. The summed E-state index contributed by atoms with van der Waals surface area (Å²) in [4.78, 5) is 18.5. The quantitative estimate of drug-likeness (QED) is 0.369. The molecule has 0 saturated heterocycles. The monoisotopic (exact) mass is 464 g/mol. The van der Waals surface area contributed by atoms with Gasteiger partial charge in [0.2, 0.25) is 0 Å². The zero-order valence-corrected chi connectivity index (χ0v) is 19.0. The second kappa shape index (κ2) is 8.56. The number of nitrogens with zero attached hydrogens (tertiary/aromatic N) is 1. The molecule has 1 unspecified atom stereocenters. The van der Waals surface area contributed by atoms with Crippen LogP contribution >= 0.6 is 11.3 Å². The third-order valence-corrected chi connectivity index (χ3v) is 7.11. The molecule has 1 aliphatic rings. The molecule has 2 aromatic carbocycles. The summed E-state index contributed by atoms with van der Waals surface area (Å²) >= 11 is 1.23. The largest absolute Gasteiger partial charge is 0.493 e. The lowest BCUT2D eigenvalue weighted by molar-refractivity contribution is 0.0928. The molecule has 0 bridgehead atoms. The van der Waals surface area contributed by atoms with E-state index in [1.165, 1.54) is 29.5 Å². The first-order chi connectivity index (χ1) is 16.0. The second-order valence-corrected chi connectivity index (χ2v) is 9.35. The lowest BCUT2D eigenvalue weighted by Gasteiger charge is -2.26. The van der Waals surface area contributed by atoms with Gasteiger partial charge in [-0.05, 0) is 30.2 Å². The van der Waals surface area contributed by atoms with E-state index in [-0.39, 0.29) is 23.4 Å². The van der Waals surface area contributed by atoms with Gasteiger partial charge in [0.15, 0.2) is 0 Å². The van der Waals surface area contributed by atoms with Crippen molar-refractivity contribution in [2.75, 3.05) is 6.61 Å². The zero-order chi connectivity index (χ0) is 23.1. The maximum atomic E-state index is 14.6. The number of halogens is 2. The minimum atomic E-state index is -0.646. The van der Waals surface area contributed by atoms with Gasteiger partial charge >= 0.3 is 0 Å². The molecule has 1 atom stereocenters. The van der Waals surface area contributed by atoms with Crippen molar-refractivity contribution in [3.63, 3.8) is 0 Å². The third-order valence-electron chi connectivity index (χ3n) is 5.89. The standard InChI is InChI=1S/C26H22F2N2O2S/c1-14(2)21-23-24(16(10-12-29-23)22-17(27)7-5-8-18(22)28)33-25(21)26(31)30-19-11-13-32-20-9-4-3-6-15(19)20/h3-10,12,14,19H,11,13H2,1-2H3,(H,30,31). The van der Waals surface area contributed by atoms with E-state index in [1.807, 2.05) is 38.1 Å². The Morgan fingerprint density at radius 1 is 1.12 bits per heavy atom. The van der Waals surface area contributed by atoms with Crippen molar-refractivity contribution < 1.29 is 18.3 Å². The summed E-state index contributed by atoms with van der Waals surface area (Å²) in [6.45, 7) is 4.49. The number of rotatable bonds is 4. The Hall–Kier alpha value is -3.32. The Morgan fingerprint density at radius 2 is 1.88 bits per heavy atom. The molecule has 0 aliphatic carbocycles. The first kappa shape index (κ1) is 21.5. The van der Waals surface area contributed by atoms with Crippen molar-refractivity contribution in [3.8, 4) is 16.9 Å². The highest BCUT2D eigenvalue weighted by Crippen LogP contribution is 2.42. The van der Waals surface area contributed by atoms with Gasteiger partial charge in [-0.25, -0.2) is 8.78 Å². The fourth-order valence-electron chi connectivity index (χ4n) is 4.38. The van der Waals surface area contributed by atoms with Crippen LogP contribution in [0.25, 0.3) is 21.3 Å². The molecule has 168 valence electrons. The Balaban J connectivity index is 1.61. The van der Waals surface area contributed by atoms with E-state index in [0.29, 0.717) is 33.7 Å². The van der Waals surface area contributed by atoms with E-state index >= 15 is 0 Å². The molecule has 1 N–H and O–H groups in total. The number of pyridine rings is 1. The number of para-hydroxylation sites is 1. The normalized spacial score (nSPS) is 15.4. The number of benzene rings is 2. The van der Waals surface area contributed by atoms with Crippen LogP contribution in [0, 0.1) is 11.6 Å². The summed E-state index contributed by atoms with van der Waals surface area (Å²) in [5.41, 5.74) is 2.63. The van der Waals surface area contributed by atoms with Crippen LogP contribution in [0.2, 0.25) is 0 Å². The van der Waals surface area contributed by atoms with Crippen molar-refractivity contribution in [2.45, 2.75) is 32.2 Å². The van der Waals surface area contributed by atoms with Gasteiger partial charge in [-0.2, -0.15) is 0 Å². The van der Waals surface area contributed by atoms with Gasteiger partial charge < -0.3 is 10.1 Å². The average molecular weight is 465 g/mol. The number of hydrogen-bond donors (Lipinski definition) is 1. The van der Waals surface area contributed by atoms with E-state index in [0.717, 1.165) is 16.9 Å². The summed E-state index contributed by atoms with van der Waals surface area (Å²) in [5, 5.41) is 3.15. The lowest BCUT2D eigenvalue weighted by atomic mass is 9.98. The molecule has 1 amide bonds. The van der Waals surface area contributed by atoms with Gasteiger partial charge in [-0.15, -0.1) is 11.3 Å². The van der Waals surface area contributed by atoms with E-state index in [2.05, 4.69) is 10.3 Å². The van der Waals surface area contributed by atoms with E-state index < -0.39 is 11.6 Å². The smallest absolute Gasteiger partial charge is 0.262 e. The summed E-state index contributed by atoms with van der Waals surface area (Å²) in [6, 6.07) is 12.9. The summed E-state index contributed by atoms with van der Waals surface area (Å²) in [6.07, 6.45) is 2.20. The zero-order valence-electron chi connectivity index (χ0n) is 18.2. The molecule has 1 aliphatic heterocycles. The van der Waals surface area contributed by atoms with Crippen molar-refractivity contribution in [1.29, 1.82) is 0 Å². The van der Waals surface area contributed by atoms with Crippen LogP contribution in [-0.4, -0.2) is 17.5 Å². The topological polar surface area (TPSA) is 51.2 Å². The first-order valence-electron chi connectivity index (χ1n) is 10.8. The molecule has 4 aromatic rings. The second-order valence-electron chi connectivity index (χ2n) is 8.33. The molecular weight excluding hydrogens is 442 g/mol. The molecule has 4 nitrogen and oxygen atoms in total. The van der Waals surface area contributed by atoms with E-state index in [9.17, 15) is 13.6 Å². The van der Waals surface area contributed by atoms with E-state index in [4.69, 9.17) is 4.74 Å². The summed E-state index contributed by atoms with van der Waals surface area (Å²) in [5.74, 6) is -0.745. The van der Waals surface area contributed by atoms with Crippen molar-refractivity contribution >= 4 is 27.5 Å². The minimum Gasteiger partial charge on any atom is -0.493 e. The van der Waals surface area contributed by atoms with Crippen LogP contribution in [0.3, 0.4) is 0 Å². The van der Waals surface area contributed by atoms with Gasteiger partial charge in [-0.1, -0.05) is 38.1 Å². The van der Waals surface area contributed by atoms with Crippen LogP contribution < -0.4 is 10.1 Å². The molecule has 0 radical (unpaired) electrons. The van der Waals surface area contributed by atoms with Crippen LogP contribution in [0.5, 0.6) is 5.75 Å². The fourth-order valence-corrected chi connectivity index (χ4v) is 5.72. The van der Waals surface area contributed by atoms with Crippen LogP contribution in [0.1, 0.15) is 53.0 Å². The lowest BCUT2D eigenvalue weighted by Crippen LogP contribution is -2.32. The average Bonchev–Trinajstić information content (AvgIpc) is 3.20. The Kier molecular flexibility index (Phi) is 5.58. The number of aromatic nitrogens is 1. The van der Waals surface area contributed by atoms with Crippen LogP contribution in [0.15, 0.2) is 54.7 Å². The molecule has 5 rings (SSSR count). The van der Waals surface area contributed by atoms with Crippen LogP contribution in [-0.2, 0) is 0 Å². The number of carbonyl (C=O) groups excluding carboxylic acids is 1. The molecule has 3 heterocycles. The maximum Gasteiger partial charge on any atom is 0.262 e. The fraction of sp³-hybridized carbons (Fsp3) is 0.231. The maximum absolute atomic E-state index is 14.6. The first-order valence-corrected chi connectivity index (χ1v) is 11.7. The minimum absolute atomic E-state index is 0.00491. The Morgan fingerprint density at radius 3 is 2.64 bits per heavy atom. The SMILES string of the molecule is CC(C)c1c(C(=O)NC2CCOc3ccccc32)sc2c(-c3c(F)cccc3F)ccnc12. The molecular formula is C26H22F2N2O2S. The van der Waals surface area contributed by atoms with Gasteiger partial charge in [0.25, 0.3) is 5.91 Å². The van der Waals surface area contributed by atoms with Gasteiger partial charge in [0.1, 0.15) is 17.4 Å².